The van der Waals surface area contributed by atoms with Crippen LogP contribution in [0.5, 0.6) is 0 Å². The highest BCUT2D eigenvalue weighted by Gasteiger charge is 2.24. The molecule has 0 unspecified atom stereocenters. The molecule has 0 bridgehead atoms. The number of rotatable bonds is 6. The number of nitrogens with zero attached hydrogens (tertiary/aromatic N) is 2. The Kier molecular flexibility index (Phi) is 5.94. The molecule has 26 heavy (non-hydrogen) atoms. The van der Waals surface area contributed by atoms with Gasteiger partial charge in [-0.25, -0.2) is 13.4 Å². The van der Waals surface area contributed by atoms with Gasteiger partial charge in [-0.3, -0.25) is 4.79 Å². The number of sulfonamides is 1. The number of amides is 1. The summed E-state index contributed by atoms with van der Waals surface area (Å²) in [4.78, 5) is 17.1. The first-order chi connectivity index (χ1) is 12.5. The molecule has 0 radical (unpaired) electrons. The van der Waals surface area contributed by atoms with E-state index in [0.717, 1.165) is 30.4 Å². The number of hydrogen-bond acceptors (Lipinski definition) is 5. The topological polar surface area (TPSA) is 79.4 Å². The fraction of sp³-hybridized carbons (Fsp3) is 0.556. The minimum absolute atomic E-state index is 0.0275. The molecule has 8 heteroatoms. The largest absolute Gasteiger partial charge is 0.302 e. The number of carbonyl (C=O) groups is 1. The summed E-state index contributed by atoms with van der Waals surface area (Å²) in [6.45, 7) is 4.51. The molecular weight excluding hydrogens is 370 g/mol. The van der Waals surface area contributed by atoms with Gasteiger partial charge in [-0.05, 0) is 31.0 Å². The number of thiazole rings is 1. The molecule has 3 rings (SSSR count). The van der Waals surface area contributed by atoms with Gasteiger partial charge in [0.1, 0.15) is 0 Å². The molecule has 1 aliphatic rings. The quantitative estimate of drug-likeness (QED) is 0.806. The molecule has 1 heterocycles. The van der Waals surface area contributed by atoms with Crippen LogP contribution in [0.1, 0.15) is 46.0 Å². The minimum Gasteiger partial charge on any atom is -0.302 e. The van der Waals surface area contributed by atoms with Crippen molar-refractivity contribution in [3.05, 3.63) is 18.2 Å². The first-order valence-electron chi connectivity index (χ1n) is 9.17. The standard InChI is InChI=1S/C18H25N3O3S2/c1-3-21(4-2)26(23,24)14-10-11-15-16(12-14)25-18(19-15)20-17(22)13-8-6-5-7-9-13/h10-13H,3-9H2,1-2H3,(H,19,20,22). The van der Waals surface area contributed by atoms with E-state index in [1.165, 1.54) is 22.1 Å². The number of carbonyl (C=O) groups excluding carboxylic acids is 1. The smallest absolute Gasteiger partial charge is 0.243 e. The zero-order valence-corrected chi connectivity index (χ0v) is 16.8. The van der Waals surface area contributed by atoms with Gasteiger partial charge in [0.15, 0.2) is 5.13 Å². The minimum atomic E-state index is -3.50. The van der Waals surface area contributed by atoms with Gasteiger partial charge in [-0.2, -0.15) is 4.31 Å². The molecule has 1 N–H and O–H groups in total. The van der Waals surface area contributed by atoms with Gasteiger partial charge in [0, 0.05) is 19.0 Å². The number of aromatic nitrogens is 1. The molecule has 1 fully saturated rings. The van der Waals surface area contributed by atoms with E-state index in [1.54, 1.807) is 18.2 Å². The van der Waals surface area contributed by atoms with Crippen LogP contribution in [0.3, 0.4) is 0 Å². The molecule has 2 aromatic rings. The van der Waals surface area contributed by atoms with E-state index in [-0.39, 0.29) is 16.7 Å². The van der Waals surface area contributed by atoms with Gasteiger partial charge in [0.05, 0.1) is 15.1 Å². The maximum absolute atomic E-state index is 12.7. The lowest BCUT2D eigenvalue weighted by Crippen LogP contribution is -2.30. The van der Waals surface area contributed by atoms with Crippen LogP contribution in [-0.2, 0) is 14.8 Å². The lowest BCUT2D eigenvalue weighted by Gasteiger charge is -2.19. The molecular formula is C18H25N3O3S2. The summed E-state index contributed by atoms with van der Waals surface area (Å²) in [7, 11) is -3.50. The van der Waals surface area contributed by atoms with Crippen molar-refractivity contribution < 1.29 is 13.2 Å². The highest BCUT2D eigenvalue weighted by molar-refractivity contribution is 7.89. The Hall–Kier alpha value is -1.51. The van der Waals surface area contributed by atoms with Crippen molar-refractivity contribution in [1.82, 2.24) is 9.29 Å². The summed E-state index contributed by atoms with van der Waals surface area (Å²) in [6.07, 6.45) is 5.27. The Bertz CT molecular complexity index is 882. The predicted molar refractivity (Wildman–Crippen MR) is 105 cm³/mol. The van der Waals surface area contributed by atoms with Crippen molar-refractivity contribution in [2.24, 2.45) is 5.92 Å². The summed E-state index contributed by atoms with van der Waals surface area (Å²) in [5, 5.41) is 3.45. The predicted octanol–water partition coefficient (Wildman–Crippen LogP) is 3.85. The van der Waals surface area contributed by atoms with E-state index in [9.17, 15) is 13.2 Å². The summed E-state index contributed by atoms with van der Waals surface area (Å²) in [5.41, 5.74) is 0.701. The van der Waals surface area contributed by atoms with E-state index in [2.05, 4.69) is 10.3 Å². The molecule has 1 aliphatic carbocycles. The second-order valence-electron chi connectivity index (χ2n) is 6.56. The van der Waals surface area contributed by atoms with E-state index in [1.807, 2.05) is 13.8 Å². The second-order valence-corrected chi connectivity index (χ2v) is 9.53. The molecule has 0 spiro atoms. The summed E-state index contributed by atoms with van der Waals surface area (Å²) in [6, 6.07) is 4.94. The lowest BCUT2D eigenvalue weighted by atomic mass is 9.89. The maximum Gasteiger partial charge on any atom is 0.243 e. The Morgan fingerprint density at radius 1 is 1.23 bits per heavy atom. The molecule has 6 nitrogen and oxygen atoms in total. The van der Waals surface area contributed by atoms with Crippen molar-refractivity contribution >= 4 is 42.6 Å². The Morgan fingerprint density at radius 2 is 1.92 bits per heavy atom. The normalized spacial score (nSPS) is 16.3. The third-order valence-corrected chi connectivity index (χ3v) is 7.89. The van der Waals surface area contributed by atoms with Crippen LogP contribution < -0.4 is 5.32 Å². The fourth-order valence-electron chi connectivity index (χ4n) is 3.40. The van der Waals surface area contributed by atoms with Crippen LogP contribution >= 0.6 is 11.3 Å². The van der Waals surface area contributed by atoms with Crippen molar-refractivity contribution in [3.63, 3.8) is 0 Å². The van der Waals surface area contributed by atoms with Crippen LogP contribution in [-0.4, -0.2) is 36.7 Å². The molecule has 1 saturated carbocycles. The summed E-state index contributed by atoms with van der Waals surface area (Å²) in [5.74, 6) is 0.0918. The average Bonchev–Trinajstić information content (AvgIpc) is 3.04. The molecule has 0 atom stereocenters. The zero-order valence-electron chi connectivity index (χ0n) is 15.2. The van der Waals surface area contributed by atoms with Crippen molar-refractivity contribution in [1.29, 1.82) is 0 Å². The number of nitrogens with one attached hydrogen (secondary N) is 1. The monoisotopic (exact) mass is 395 g/mol. The lowest BCUT2D eigenvalue weighted by molar-refractivity contribution is -0.120. The fourth-order valence-corrected chi connectivity index (χ4v) is 5.87. The maximum atomic E-state index is 12.7. The Morgan fingerprint density at radius 3 is 2.58 bits per heavy atom. The highest BCUT2D eigenvalue weighted by atomic mass is 32.2. The third kappa shape index (κ3) is 3.92. The average molecular weight is 396 g/mol. The Labute approximate surface area is 158 Å². The van der Waals surface area contributed by atoms with Gasteiger partial charge in [0.2, 0.25) is 15.9 Å². The third-order valence-electron chi connectivity index (χ3n) is 4.91. The van der Waals surface area contributed by atoms with Gasteiger partial charge in [-0.15, -0.1) is 0 Å². The van der Waals surface area contributed by atoms with Gasteiger partial charge >= 0.3 is 0 Å². The van der Waals surface area contributed by atoms with Gasteiger partial charge in [-0.1, -0.05) is 44.4 Å². The number of benzene rings is 1. The SMILES string of the molecule is CCN(CC)S(=O)(=O)c1ccc2nc(NC(=O)C3CCCCC3)sc2c1. The van der Waals surface area contributed by atoms with Crippen LogP contribution in [0.4, 0.5) is 5.13 Å². The number of anilines is 1. The second kappa shape index (κ2) is 8.02. The van der Waals surface area contributed by atoms with Crippen LogP contribution in [0.2, 0.25) is 0 Å². The zero-order chi connectivity index (χ0) is 18.7. The van der Waals surface area contributed by atoms with Crippen molar-refractivity contribution in [2.75, 3.05) is 18.4 Å². The van der Waals surface area contributed by atoms with E-state index in [4.69, 9.17) is 0 Å². The summed E-state index contributed by atoms with van der Waals surface area (Å²) >= 11 is 1.32. The van der Waals surface area contributed by atoms with Crippen LogP contribution in [0, 0.1) is 5.92 Å². The van der Waals surface area contributed by atoms with Gasteiger partial charge in [0.25, 0.3) is 0 Å². The van der Waals surface area contributed by atoms with E-state index < -0.39 is 10.0 Å². The first kappa shape index (κ1) is 19.3. The summed E-state index contributed by atoms with van der Waals surface area (Å²) < 4.78 is 27.5. The van der Waals surface area contributed by atoms with Crippen LogP contribution in [0.15, 0.2) is 23.1 Å². The number of fused-ring (bicyclic) bond motifs is 1. The van der Waals surface area contributed by atoms with Crippen LogP contribution in [0.25, 0.3) is 10.2 Å². The highest BCUT2D eigenvalue weighted by Crippen LogP contribution is 2.31. The van der Waals surface area contributed by atoms with Crippen molar-refractivity contribution in [2.45, 2.75) is 50.8 Å². The molecule has 1 aromatic carbocycles. The first-order valence-corrected chi connectivity index (χ1v) is 11.4. The van der Waals surface area contributed by atoms with E-state index >= 15 is 0 Å². The molecule has 0 saturated heterocycles. The van der Waals surface area contributed by atoms with Gasteiger partial charge < -0.3 is 5.32 Å². The number of hydrogen-bond donors (Lipinski definition) is 1. The molecule has 1 amide bonds. The molecule has 142 valence electrons. The van der Waals surface area contributed by atoms with Crippen molar-refractivity contribution in [3.8, 4) is 0 Å². The Balaban J connectivity index is 1.82. The van der Waals surface area contributed by atoms with E-state index in [0.29, 0.717) is 23.7 Å². The molecule has 1 aromatic heterocycles. The molecule has 0 aliphatic heterocycles.